The molecule has 1 heterocycles. The number of nitrogens with zero attached hydrogens (tertiary/aromatic N) is 2. The summed E-state index contributed by atoms with van der Waals surface area (Å²) in [6.45, 7) is 2.49. The number of halogens is 1. The highest BCUT2D eigenvalue weighted by molar-refractivity contribution is 9.10. The van der Waals surface area contributed by atoms with Crippen molar-refractivity contribution >= 4 is 33.5 Å². The molecule has 2 aromatic rings. The number of aromatic nitrogens is 2. The molecule has 0 amide bonds. The molecule has 1 aromatic carbocycles. The van der Waals surface area contributed by atoms with E-state index in [-0.39, 0.29) is 0 Å². The predicted molar refractivity (Wildman–Crippen MR) is 85.6 cm³/mol. The van der Waals surface area contributed by atoms with Crippen molar-refractivity contribution in [1.29, 1.82) is 0 Å². The maximum atomic E-state index is 5.88. The lowest BCUT2D eigenvalue weighted by molar-refractivity contribution is 0.180. The molecule has 0 aliphatic carbocycles. The zero-order valence-corrected chi connectivity index (χ0v) is 13.8. The smallest absolute Gasteiger partial charge is 0.141 e. The Morgan fingerprint density at radius 2 is 1.95 bits per heavy atom. The number of thioether (sulfide) groups is 1. The number of nitrogen functional groups attached to an aromatic ring is 1. The molecule has 20 heavy (non-hydrogen) atoms. The second kappa shape index (κ2) is 7.06. The van der Waals surface area contributed by atoms with Crippen molar-refractivity contribution < 1.29 is 4.74 Å². The molecule has 0 aliphatic heterocycles. The quantitative estimate of drug-likeness (QED) is 0.832. The largest absolute Gasteiger partial charge is 0.383 e. The Hall–Kier alpha value is -1.11. The minimum absolute atomic E-state index is 0.412. The molecule has 106 valence electrons. The highest BCUT2D eigenvalue weighted by atomic mass is 79.9. The summed E-state index contributed by atoms with van der Waals surface area (Å²) in [7, 11) is 1.63. The van der Waals surface area contributed by atoms with Crippen LogP contribution in [0.25, 0.3) is 0 Å². The van der Waals surface area contributed by atoms with Crippen LogP contribution in [0.5, 0.6) is 0 Å². The summed E-state index contributed by atoms with van der Waals surface area (Å²) in [6.07, 6.45) is 0. The molecule has 0 spiro atoms. The number of methoxy groups -OCH3 is 1. The topological polar surface area (TPSA) is 61.0 Å². The van der Waals surface area contributed by atoms with Crippen LogP contribution in [0.4, 0.5) is 5.82 Å². The lowest BCUT2D eigenvalue weighted by Crippen LogP contribution is -2.05. The van der Waals surface area contributed by atoms with E-state index >= 15 is 0 Å². The first-order chi connectivity index (χ1) is 9.60. The van der Waals surface area contributed by atoms with Crippen molar-refractivity contribution in [2.24, 2.45) is 0 Å². The van der Waals surface area contributed by atoms with Gasteiger partial charge in [0.15, 0.2) is 0 Å². The molecule has 2 rings (SSSR count). The summed E-state index contributed by atoms with van der Waals surface area (Å²) in [4.78, 5) is 9.95. The van der Waals surface area contributed by atoms with Crippen LogP contribution < -0.4 is 5.73 Å². The number of hydrogen-bond acceptors (Lipinski definition) is 5. The number of rotatable bonds is 5. The van der Waals surface area contributed by atoms with Crippen molar-refractivity contribution in [3.63, 3.8) is 0 Å². The third-order valence-electron chi connectivity index (χ3n) is 2.66. The van der Waals surface area contributed by atoms with Gasteiger partial charge in [0.25, 0.3) is 0 Å². The van der Waals surface area contributed by atoms with Crippen LogP contribution in [-0.4, -0.2) is 17.1 Å². The molecule has 0 saturated heterocycles. The molecule has 0 unspecified atom stereocenters. The van der Waals surface area contributed by atoms with E-state index in [1.807, 2.05) is 0 Å². The van der Waals surface area contributed by atoms with Gasteiger partial charge in [-0.15, -0.1) is 11.8 Å². The number of benzene rings is 1. The Morgan fingerprint density at radius 1 is 1.25 bits per heavy atom. The van der Waals surface area contributed by atoms with E-state index < -0.39 is 0 Å². The summed E-state index contributed by atoms with van der Waals surface area (Å²) in [5.74, 6) is 1.84. The standard InChI is InChI=1S/C14H16BrN3OS/c1-9-3-5-10(6-4-9)20-8-12-17-11(7-19-2)13(15)14(16)18-12/h3-6H,7-8H2,1-2H3,(H2,16,17,18). The van der Waals surface area contributed by atoms with Gasteiger partial charge in [-0.2, -0.15) is 0 Å². The first-order valence-electron chi connectivity index (χ1n) is 6.09. The van der Waals surface area contributed by atoms with Gasteiger partial charge in [0.1, 0.15) is 11.6 Å². The Morgan fingerprint density at radius 3 is 2.60 bits per heavy atom. The lowest BCUT2D eigenvalue weighted by Gasteiger charge is -2.08. The molecule has 6 heteroatoms. The van der Waals surface area contributed by atoms with Gasteiger partial charge in [0.05, 0.1) is 22.5 Å². The summed E-state index contributed by atoms with van der Waals surface area (Å²) in [5, 5.41) is 0. The zero-order valence-electron chi connectivity index (χ0n) is 11.4. The van der Waals surface area contributed by atoms with E-state index in [0.29, 0.717) is 28.5 Å². The van der Waals surface area contributed by atoms with E-state index in [4.69, 9.17) is 10.5 Å². The van der Waals surface area contributed by atoms with Gasteiger partial charge in [0.2, 0.25) is 0 Å². The van der Waals surface area contributed by atoms with Crippen LogP contribution in [0, 0.1) is 6.92 Å². The van der Waals surface area contributed by atoms with E-state index in [1.165, 1.54) is 10.5 Å². The van der Waals surface area contributed by atoms with Crippen molar-refractivity contribution in [2.75, 3.05) is 12.8 Å². The maximum absolute atomic E-state index is 5.88. The van der Waals surface area contributed by atoms with Gasteiger partial charge in [0, 0.05) is 12.0 Å². The zero-order chi connectivity index (χ0) is 14.5. The van der Waals surface area contributed by atoms with Gasteiger partial charge in [-0.25, -0.2) is 9.97 Å². The molecule has 0 aliphatic rings. The highest BCUT2D eigenvalue weighted by Gasteiger charge is 2.10. The summed E-state index contributed by atoms with van der Waals surface area (Å²) in [6, 6.07) is 8.38. The summed E-state index contributed by atoms with van der Waals surface area (Å²) < 4.78 is 5.82. The molecule has 0 radical (unpaired) electrons. The first-order valence-corrected chi connectivity index (χ1v) is 7.87. The van der Waals surface area contributed by atoms with Crippen molar-refractivity contribution in [2.45, 2.75) is 24.2 Å². The maximum Gasteiger partial charge on any atom is 0.141 e. The fraction of sp³-hybridized carbons (Fsp3) is 0.286. The summed E-state index contributed by atoms with van der Waals surface area (Å²) >= 11 is 5.07. The van der Waals surface area contributed by atoms with Crippen molar-refractivity contribution in [1.82, 2.24) is 9.97 Å². The molecule has 0 bridgehead atoms. The summed E-state index contributed by atoms with van der Waals surface area (Å²) in [5.41, 5.74) is 7.91. The molecule has 0 saturated carbocycles. The van der Waals surface area contributed by atoms with Gasteiger partial charge in [-0.3, -0.25) is 0 Å². The predicted octanol–water partition coefficient (Wildman–Crippen LogP) is 3.57. The number of nitrogens with two attached hydrogens (primary N) is 1. The molecule has 0 atom stereocenters. The molecular formula is C14H16BrN3OS. The van der Waals surface area contributed by atoms with Crippen molar-refractivity contribution in [3.8, 4) is 0 Å². The third-order valence-corrected chi connectivity index (χ3v) is 4.53. The van der Waals surface area contributed by atoms with Gasteiger partial charge >= 0.3 is 0 Å². The fourth-order valence-electron chi connectivity index (χ4n) is 1.65. The SMILES string of the molecule is COCc1nc(CSc2ccc(C)cc2)nc(N)c1Br. The average molecular weight is 354 g/mol. The van der Waals surface area contributed by atoms with E-state index in [9.17, 15) is 0 Å². The Labute approximate surface area is 131 Å². The highest BCUT2D eigenvalue weighted by Crippen LogP contribution is 2.25. The number of hydrogen-bond donors (Lipinski definition) is 1. The van der Waals surface area contributed by atoms with Gasteiger partial charge in [-0.1, -0.05) is 17.7 Å². The van der Waals surface area contributed by atoms with Gasteiger partial charge < -0.3 is 10.5 Å². The normalized spacial score (nSPS) is 10.8. The second-order valence-corrected chi connectivity index (χ2v) is 6.16. The Balaban J connectivity index is 2.11. The van der Waals surface area contributed by atoms with Crippen LogP contribution >= 0.6 is 27.7 Å². The molecule has 2 N–H and O–H groups in total. The van der Waals surface area contributed by atoms with Crippen LogP contribution in [0.2, 0.25) is 0 Å². The van der Waals surface area contributed by atoms with Crippen LogP contribution in [-0.2, 0) is 17.1 Å². The third kappa shape index (κ3) is 3.94. The minimum Gasteiger partial charge on any atom is -0.383 e. The Kier molecular flexibility index (Phi) is 5.39. The molecule has 4 nitrogen and oxygen atoms in total. The first kappa shape index (κ1) is 15.3. The van der Waals surface area contributed by atoms with Crippen molar-refractivity contribution in [3.05, 3.63) is 45.8 Å². The van der Waals surface area contributed by atoms with E-state index in [2.05, 4.69) is 57.1 Å². The number of aryl methyl sites for hydroxylation is 1. The molecular weight excluding hydrogens is 338 g/mol. The van der Waals surface area contributed by atoms with Crippen LogP contribution in [0.3, 0.4) is 0 Å². The van der Waals surface area contributed by atoms with Crippen LogP contribution in [0.15, 0.2) is 33.6 Å². The fourth-order valence-corrected chi connectivity index (χ4v) is 2.69. The molecule has 0 fully saturated rings. The lowest BCUT2D eigenvalue weighted by atomic mass is 10.2. The van der Waals surface area contributed by atoms with Crippen LogP contribution in [0.1, 0.15) is 17.1 Å². The molecule has 1 aromatic heterocycles. The minimum atomic E-state index is 0.412. The number of ether oxygens (including phenoxy) is 1. The Bertz CT molecular complexity index is 590. The monoisotopic (exact) mass is 353 g/mol. The van der Waals surface area contributed by atoms with E-state index in [0.717, 1.165) is 5.69 Å². The number of anilines is 1. The van der Waals surface area contributed by atoms with Gasteiger partial charge in [-0.05, 0) is 35.0 Å². The van der Waals surface area contributed by atoms with E-state index in [1.54, 1.807) is 18.9 Å². The average Bonchev–Trinajstić information content (AvgIpc) is 2.44. The second-order valence-electron chi connectivity index (χ2n) is 4.32.